The maximum atomic E-state index is 11.9. The summed E-state index contributed by atoms with van der Waals surface area (Å²) in [6.45, 7) is 2.76. The van der Waals surface area contributed by atoms with Gasteiger partial charge in [0.1, 0.15) is 0 Å². The number of carbonyl (C=O) groups excluding carboxylic acids is 1. The van der Waals surface area contributed by atoms with E-state index in [2.05, 4.69) is 5.32 Å². The number of rotatable bonds is 4. The van der Waals surface area contributed by atoms with Crippen LogP contribution in [0.15, 0.2) is 30.3 Å². The number of nitrogens with zero attached hydrogens (tertiary/aromatic N) is 1. The molecule has 6 nitrogen and oxygen atoms in total. The van der Waals surface area contributed by atoms with Gasteiger partial charge >= 0.3 is 12.0 Å². The number of nitrogens with one attached hydrogen (secondary N) is 1. The lowest BCUT2D eigenvalue weighted by atomic mass is 10.1. The van der Waals surface area contributed by atoms with Crippen LogP contribution < -0.4 is 5.32 Å². The molecule has 1 heterocycles. The van der Waals surface area contributed by atoms with Crippen molar-refractivity contribution in [2.75, 3.05) is 26.3 Å². The molecule has 1 aromatic rings. The minimum Gasteiger partial charge on any atom is -0.478 e. The minimum atomic E-state index is -0.985. The molecule has 2 amide bonds. The smallest absolute Gasteiger partial charge is 0.328 e. The highest BCUT2D eigenvalue weighted by molar-refractivity contribution is 5.85. The van der Waals surface area contributed by atoms with Gasteiger partial charge in [-0.15, -0.1) is 0 Å². The molecule has 21 heavy (non-hydrogen) atoms. The summed E-state index contributed by atoms with van der Waals surface area (Å²) in [6.07, 6.45) is 2.61. The van der Waals surface area contributed by atoms with Crippen LogP contribution in [-0.2, 0) is 16.1 Å². The first-order valence-corrected chi connectivity index (χ1v) is 6.75. The molecule has 1 aliphatic rings. The van der Waals surface area contributed by atoms with E-state index in [9.17, 15) is 9.59 Å². The lowest BCUT2D eigenvalue weighted by Gasteiger charge is -2.26. The predicted octanol–water partition coefficient (Wildman–Crippen LogP) is 1.33. The molecule has 0 radical (unpaired) electrons. The van der Waals surface area contributed by atoms with Gasteiger partial charge in [0.25, 0.3) is 0 Å². The highest BCUT2D eigenvalue weighted by Crippen LogP contribution is 2.07. The first-order chi connectivity index (χ1) is 10.1. The van der Waals surface area contributed by atoms with E-state index in [1.54, 1.807) is 4.90 Å². The van der Waals surface area contributed by atoms with Gasteiger partial charge in [-0.1, -0.05) is 18.2 Å². The molecule has 0 spiro atoms. The summed E-state index contributed by atoms with van der Waals surface area (Å²) in [5.41, 5.74) is 1.71. The van der Waals surface area contributed by atoms with Crippen LogP contribution in [0.3, 0.4) is 0 Å². The number of morpholine rings is 1. The summed E-state index contributed by atoms with van der Waals surface area (Å²) in [6, 6.07) is 7.27. The number of hydrogen-bond acceptors (Lipinski definition) is 3. The standard InChI is InChI=1S/C15H18N2O4/c18-14(19)5-4-12-2-1-3-13(10-12)11-16-15(20)17-6-8-21-9-7-17/h1-5,10H,6-9,11H2,(H,16,20)(H,18,19). The van der Waals surface area contributed by atoms with Gasteiger partial charge in [0.15, 0.2) is 0 Å². The molecule has 112 valence electrons. The summed E-state index contributed by atoms with van der Waals surface area (Å²) < 4.78 is 5.20. The lowest BCUT2D eigenvalue weighted by molar-refractivity contribution is -0.131. The highest BCUT2D eigenvalue weighted by atomic mass is 16.5. The van der Waals surface area contributed by atoms with Crippen LogP contribution in [0.4, 0.5) is 4.79 Å². The lowest BCUT2D eigenvalue weighted by Crippen LogP contribution is -2.45. The Morgan fingerprint density at radius 2 is 2.10 bits per heavy atom. The van der Waals surface area contributed by atoms with Crippen molar-refractivity contribution in [3.05, 3.63) is 41.5 Å². The van der Waals surface area contributed by atoms with Gasteiger partial charge in [-0.3, -0.25) is 0 Å². The van der Waals surface area contributed by atoms with Crippen molar-refractivity contribution in [2.24, 2.45) is 0 Å². The van der Waals surface area contributed by atoms with E-state index in [0.29, 0.717) is 32.8 Å². The van der Waals surface area contributed by atoms with Crippen molar-refractivity contribution >= 4 is 18.1 Å². The van der Waals surface area contributed by atoms with Crippen molar-refractivity contribution in [1.82, 2.24) is 10.2 Å². The maximum absolute atomic E-state index is 11.9. The van der Waals surface area contributed by atoms with E-state index in [1.165, 1.54) is 6.08 Å². The van der Waals surface area contributed by atoms with Gasteiger partial charge in [-0.05, 0) is 23.3 Å². The normalized spacial score (nSPS) is 15.1. The van der Waals surface area contributed by atoms with E-state index in [0.717, 1.165) is 17.2 Å². The second-order valence-electron chi connectivity index (χ2n) is 4.67. The van der Waals surface area contributed by atoms with Crippen molar-refractivity contribution in [2.45, 2.75) is 6.54 Å². The second-order valence-corrected chi connectivity index (χ2v) is 4.67. The number of hydrogen-bond donors (Lipinski definition) is 2. The van der Waals surface area contributed by atoms with E-state index in [4.69, 9.17) is 9.84 Å². The first-order valence-electron chi connectivity index (χ1n) is 6.75. The molecule has 0 atom stereocenters. The zero-order valence-electron chi connectivity index (χ0n) is 11.6. The molecule has 0 saturated carbocycles. The number of amides is 2. The molecular formula is C15H18N2O4. The summed E-state index contributed by atoms with van der Waals surface area (Å²) in [4.78, 5) is 24.1. The number of carboxylic acid groups (broad SMARTS) is 1. The molecule has 0 aromatic heterocycles. The molecule has 2 N–H and O–H groups in total. The fraction of sp³-hybridized carbons (Fsp3) is 0.333. The molecule has 0 unspecified atom stereocenters. The van der Waals surface area contributed by atoms with E-state index < -0.39 is 5.97 Å². The first kappa shape index (κ1) is 15.1. The highest BCUT2D eigenvalue weighted by Gasteiger charge is 2.15. The maximum Gasteiger partial charge on any atom is 0.328 e. The fourth-order valence-electron chi connectivity index (χ4n) is 2.03. The van der Waals surface area contributed by atoms with Gasteiger partial charge in [-0.2, -0.15) is 0 Å². The molecule has 0 aliphatic carbocycles. The number of carboxylic acids is 1. The Labute approximate surface area is 123 Å². The molecule has 1 aliphatic heterocycles. The Hall–Kier alpha value is -2.34. The van der Waals surface area contributed by atoms with Crippen LogP contribution in [0.2, 0.25) is 0 Å². The molecule has 1 aromatic carbocycles. The minimum absolute atomic E-state index is 0.107. The number of urea groups is 1. The van der Waals surface area contributed by atoms with Crippen molar-refractivity contribution in [1.29, 1.82) is 0 Å². The third-order valence-electron chi connectivity index (χ3n) is 3.11. The van der Waals surface area contributed by atoms with Crippen molar-refractivity contribution in [3.63, 3.8) is 0 Å². The zero-order valence-corrected chi connectivity index (χ0v) is 11.6. The predicted molar refractivity (Wildman–Crippen MR) is 77.7 cm³/mol. The average Bonchev–Trinajstić information content (AvgIpc) is 2.52. The molecule has 0 bridgehead atoms. The van der Waals surface area contributed by atoms with Crippen LogP contribution in [0.5, 0.6) is 0 Å². The van der Waals surface area contributed by atoms with Crippen LogP contribution in [0.1, 0.15) is 11.1 Å². The van der Waals surface area contributed by atoms with Gasteiger partial charge in [0.05, 0.1) is 13.2 Å². The topological polar surface area (TPSA) is 78.9 Å². The summed E-state index contributed by atoms with van der Waals surface area (Å²) in [5.74, 6) is -0.985. The quantitative estimate of drug-likeness (QED) is 0.820. The Morgan fingerprint density at radius 3 is 2.81 bits per heavy atom. The molecule has 6 heteroatoms. The zero-order chi connectivity index (χ0) is 15.1. The van der Waals surface area contributed by atoms with E-state index >= 15 is 0 Å². The number of carbonyl (C=O) groups is 2. The largest absolute Gasteiger partial charge is 0.478 e. The van der Waals surface area contributed by atoms with Gasteiger partial charge < -0.3 is 20.1 Å². The second kappa shape index (κ2) is 7.44. The number of benzene rings is 1. The summed E-state index contributed by atoms with van der Waals surface area (Å²) in [7, 11) is 0. The molecule has 1 fully saturated rings. The number of aliphatic carboxylic acids is 1. The van der Waals surface area contributed by atoms with Gasteiger partial charge in [0.2, 0.25) is 0 Å². The van der Waals surface area contributed by atoms with Gasteiger partial charge in [0, 0.05) is 25.7 Å². The SMILES string of the molecule is O=C(O)C=Cc1cccc(CNC(=O)N2CCOCC2)c1. The third kappa shape index (κ3) is 4.92. The Balaban J connectivity index is 1.89. The Morgan fingerprint density at radius 1 is 1.33 bits per heavy atom. The molecular weight excluding hydrogens is 272 g/mol. The Kier molecular flexibility index (Phi) is 5.34. The number of ether oxygens (including phenoxy) is 1. The van der Waals surface area contributed by atoms with Crippen LogP contribution >= 0.6 is 0 Å². The van der Waals surface area contributed by atoms with Crippen molar-refractivity contribution < 1.29 is 19.4 Å². The van der Waals surface area contributed by atoms with Gasteiger partial charge in [-0.25, -0.2) is 9.59 Å². The Bertz CT molecular complexity index is 536. The van der Waals surface area contributed by atoms with E-state index in [1.807, 2.05) is 24.3 Å². The summed E-state index contributed by atoms with van der Waals surface area (Å²) in [5, 5.41) is 11.5. The van der Waals surface area contributed by atoms with Crippen LogP contribution in [-0.4, -0.2) is 48.3 Å². The van der Waals surface area contributed by atoms with Crippen molar-refractivity contribution in [3.8, 4) is 0 Å². The molecule has 1 saturated heterocycles. The third-order valence-corrected chi connectivity index (χ3v) is 3.11. The monoisotopic (exact) mass is 290 g/mol. The summed E-state index contributed by atoms with van der Waals surface area (Å²) >= 11 is 0. The fourth-order valence-corrected chi connectivity index (χ4v) is 2.03. The molecule has 2 rings (SSSR count). The van der Waals surface area contributed by atoms with Crippen LogP contribution in [0, 0.1) is 0 Å². The average molecular weight is 290 g/mol. The van der Waals surface area contributed by atoms with E-state index in [-0.39, 0.29) is 6.03 Å². The van der Waals surface area contributed by atoms with Crippen LogP contribution in [0.25, 0.3) is 6.08 Å².